The molecule has 1 heterocycles. The zero-order valence-electron chi connectivity index (χ0n) is 11.6. The molecule has 0 spiro atoms. The monoisotopic (exact) mass is 288 g/mol. The first-order chi connectivity index (χ1) is 10.2. The number of benzene rings is 1. The van der Waals surface area contributed by atoms with Gasteiger partial charge < -0.3 is 19.8 Å². The van der Waals surface area contributed by atoms with Gasteiger partial charge in [-0.25, -0.2) is 0 Å². The minimum Gasteiger partial charge on any atom is -0.497 e. The second-order valence-electron chi connectivity index (χ2n) is 4.22. The fraction of sp³-hybridized carbons (Fsp3) is 0.200. The first-order valence-corrected chi connectivity index (χ1v) is 6.44. The molecule has 0 fully saturated rings. The molecular weight excluding hydrogens is 272 g/mol. The standard InChI is InChI=1S/C15H16N2O4/c1-20-12-6-4-11(5-7-12)14(18)16-8-9-17-15(19)13-3-2-10-21-13/h2-7,10H,8-9H2,1H3,(H,16,18)(H,17,19). The number of hydrogen-bond donors (Lipinski definition) is 2. The van der Waals surface area contributed by atoms with Crippen molar-refractivity contribution in [3.05, 3.63) is 54.0 Å². The summed E-state index contributed by atoms with van der Waals surface area (Å²) in [6.45, 7) is 0.652. The molecule has 0 aliphatic carbocycles. The summed E-state index contributed by atoms with van der Waals surface area (Å²) >= 11 is 0. The van der Waals surface area contributed by atoms with Gasteiger partial charge in [0.2, 0.25) is 0 Å². The van der Waals surface area contributed by atoms with Gasteiger partial charge in [0.1, 0.15) is 5.75 Å². The van der Waals surface area contributed by atoms with E-state index in [1.165, 1.54) is 6.26 Å². The van der Waals surface area contributed by atoms with Crippen molar-refractivity contribution in [1.29, 1.82) is 0 Å². The van der Waals surface area contributed by atoms with E-state index in [-0.39, 0.29) is 17.6 Å². The van der Waals surface area contributed by atoms with Crippen molar-refractivity contribution in [3.63, 3.8) is 0 Å². The lowest BCUT2D eigenvalue weighted by atomic mass is 10.2. The Morgan fingerprint density at radius 1 is 1.05 bits per heavy atom. The van der Waals surface area contributed by atoms with Crippen LogP contribution in [0, 0.1) is 0 Å². The number of carbonyl (C=O) groups is 2. The maximum Gasteiger partial charge on any atom is 0.287 e. The number of carbonyl (C=O) groups excluding carboxylic acids is 2. The molecule has 0 aliphatic heterocycles. The third-order valence-electron chi connectivity index (χ3n) is 2.79. The van der Waals surface area contributed by atoms with Gasteiger partial charge in [-0.1, -0.05) is 0 Å². The first kappa shape index (κ1) is 14.6. The number of hydrogen-bond acceptors (Lipinski definition) is 4. The smallest absolute Gasteiger partial charge is 0.287 e. The average molecular weight is 288 g/mol. The lowest BCUT2D eigenvalue weighted by molar-refractivity contribution is 0.0910. The predicted molar refractivity (Wildman–Crippen MR) is 76.4 cm³/mol. The van der Waals surface area contributed by atoms with Crippen LogP contribution in [0.4, 0.5) is 0 Å². The average Bonchev–Trinajstić information content (AvgIpc) is 3.05. The first-order valence-electron chi connectivity index (χ1n) is 6.44. The Bertz CT molecular complexity index is 591. The van der Waals surface area contributed by atoms with Gasteiger partial charge in [0.15, 0.2) is 5.76 Å². The van der Waals surface area contributed by atoms with E-state index in [2.05, 4.69) is 10.6 Å². The number of methoxy groups -OCH3 is 1. The molecule has 0 saturated heterocycles. The maximum absolute atomic E-state index is 11.8. The number of nitrogens with one attached hydrogen (secondary N) is 2. The largest absolute Gasteiger partial charge is 0.497 e. The number of ether oxygens (including phenoxy) is 1. The third kappa shape index (κ3) is 4.10. The lowest BCUT2D eigenvalue weighted by Crippen LogP contribution is -2.34. The highest BCUT2D eigenvalue weighted by Gasteiger charge is 2.08. The summed E-state index contributed by atoms with van der Waals surface area (Å²) in [6.07, 6.45) is 1.43. The molecule has 0 radical (unpaired) electrons. The van der Waals surface area contributed by atoms with Crippen LogP contribution in [0.2, 0.25) is 0 Å². The van der Waals surface area contributed by atoms with Crippen molar-refractivity contribution in [3.8, 4) is 5.75 Å². The Morgan fingerprint density at radius 3 is 2.29 bits per heavy atom. The second kappa shape index (κ2) is 7.14. The summed E-state index contributed by atoms with van der Waals surface area (Å²) < 4.78 is 9.97. The van der Waals surface area contributed by atoms with E-state index in [0.29, 0.717) is 24.4 Å². The zero-order chi connectivity index (χ0) is 15.1. The van der Waals surface area contributed by atoms with E-state index in [1.807, 2.05) is 0 Å². The molecular formula is C15H16N2O4. The zero-order valence-corrected chi connectivity index (χ0v) is 11.6. The highest BCUT2D eigenvalue weighted by Crippen LogP contribution is 2.10. The lowest BCUT2D eigenvalue weighted by Gasteiger charge is -2.07. The van der Waals surface area contributed by atoms with E-state index in [9.17, 15) is 9.59 Å². The third-order valence-corrected chi connectivity index (χ3v) is 2.79. The molecule has 6 nitrogen and oxygen atoms in total. The van der Waals surface area contributed by atoms with Crippen LogP contribution in [0.3, 0.4) is 0 Å². The van der Waals surface area contributed by atoms with Crippen molar-refractivity contribution in [1.82, 2.24) is 10.6 Å². The molecule has 2 aromatic rings. The molecule has 2 amide bonds. The molecule has 1 aromatic heterocycles. The summed E-state index contributed by atoms with van der Waals surface area (Å²) in [6, 6.07) is 10.00. The molecule has 6 heteroatoms. The maximum atomic E-state index is 11.8. The molecule has 0 bridgehead atoms. The van der Waals surface area contributed by atoms with Crippen LogP contribution in [0.1, 0.15) is 20.9 Å². The Kier molecular flexibility index (Phi) is 4.98. The van der Waals surface area contributed by atoms with E-state index in [4.69, 9.17) is 9.15 Å². The van der Waals surface area contributed by atoms with Crippen LogP contribution in [-0.4, -0.2) is 32.0 Å². The van der Waals surface area contributed by atoms with E-state index < -0.39 is 0 Å². The summed E-state index contributed by atoms with van der Waals surface area (Å²) in [7, 11) is 1.57. The fourth-order valence-electron chi connectivity index (χ4n) is 1.69. The molecule has 0 saturated carbocycles. The molecule has 0 aliphatic rings. The minimum atomic E-state index is -0.307. The Hall–Kier alpha value is -2.76. The highest BCUT2D eigenvalue weighted by atomic mass is 16.5. The summed E-state index contributed by atoms with van der Waals surface area (Å²) in [5, 5.41) is 5.35. The van der Waals surface area contributed by atoms with Crippen molar-refractivity contribution >= 4 is 11.8 Å². The summed E-state index contributed by atoms with van der Waals surface area (Å²) in [5.74, 6) is 0.428. The van der Waals surface area contributed by atoms with E-state index in [1.54, 1.807) is 43.5 Å². The van der Waals surface area contributed by atoms with Crippen molar-refractivity contribution in [2.75, 3.05) is 20.2 Å². The van der Waals surface area contributed by atoms with Crippen molar-refractivity contribution in [2.24, 2.45) is 0 Å². The molecule has 2 rings (SSSR count). The SMILES string of the molecule is COc1ccc(C(=O)NCCNC(=O)c2ccco2)cc1. The van der Waals surface area contributed by atoms with Crippen LogP contribution >= 0.6 is 0 Å². The topological polar surface area (TPSA) is 80.6 Å². The Morgan fingerprint density at radius 2 is 1.71 bits per heavy atom. The molecule has 21 heavy (non-hydrogen) atoms. The molecule has 110 valence electrons. The molecule has 0 atom stereocenters. The van der Waals surface area contributed by atoms with Gasteiger partial charge >= 0.3 is 0 Å². The van der Waals surface area contributed by atoms with Crippen LogP contribution in [0.15, 0.2) is 47.1 Å². The van der Waals surface area contributed by atoms with Crippen molar-refractivity contribution in [2.45, 2.75) is 0 Å². The van der Waals surface area contributed by atoms with Crippen LogP contribution in [0.5, 0.6) is 5.75 Å². The second-order valence-corrected chi connectivity index (χ2v) is 4.22. The van der Waals surface area contributed by atoms with Gasteiger partial charge in [-0.2, -0.15) is 0 Å². The molecule has 0 unspecified atom stereocenters. The Balaban J connectivity index is 1.72. The highest BCUT2D eigenvalue weighted by molar-refractivity contribution is 5.94. The van der Waals surface area contributed by atoms with Crippen molar-refractivity contribution < 1.29 is 18.7 Å². The van der Waals surface area contributed by atoms with E-state index in [0.717, 1.165) is 0 Å². The normalized spacial score (nSPS) is 9.95. The van der Waals surface area contributed by atoms with Gasteiger partial charge in [0.05, 0.1) is 13.4 Å². The predicted octanol–water partition coefficient (Wildman–Crippen LogP) is 1.45. The molecule has 1 aromatic carbocycles. The fourth-order valence-corrected chi connectivity index (χ4v) is 1.69. The summed E-state index contributed by atoms with van der Waals surface area (Å²) in [4.78, 5) is 23.4. The van der Waals surface area contributed by atoms with Gasteiger partial charge in [-0.05, 0) is 36.4 Å². The van der Waals surface area contributed by atoms with Gasteiger partial charge in [0.25, 0.3) is 11.8 Å². The number of furan rings is 1. The molecule has 2 N–H and O–H groups in total. The number of amides is 2. The van der Waals surface area contributed by atoms with Gasteiger partial charge in [-0.3, -0.25) is 9.59 Å². The van der Waals surface area contributed by atoms with Gasteiger partial charge in [-0.15, -0.1) is 0 Å². The van der Waals surface area contributed by atoms with Crippen LogP contribution in [-0.2, 0) is 0 Å². The van der Waals surface area contributed by atoms with Crippen LogP contribution < -0.4 is 15.4 Å². The Labute approximate surface area is 122 Å². The van der Waals surface area contributed by atoms with Gasteiger partial charge in [0, 0.05) is 18.7 Å². The minimum absolute atomic E-state index is 0.204. The quantitative estimate of drug-likeness (QED) is 0.788. The van der Waals surface area contributed by atoms with E-state index >= 15 is 0 Å². The summed E-state index contributed by atoms with van der Waals surface area (Å²) in [5.41, 5.74) is 0.535. The number of rotatable bonds is 6. The van der Waals surface area contributed by atoms with Crippen LogP contribution in [0.25, 0.3) is 0 Å².